The van der Waals surface area contributed by atoms with Crippen molar-refractivity contribution in [2.24, 2.45) is 0 Å². The van der Waals surface area contributed by atoms with Crippen LogP contribution in [-0.4, -0.2) is 44.7 Å². The normalized spacial score (nSPS) is 8.52. The van der Waals surface area contributed by atoms with Crippen molar-refractivity contribution >= 4 is 35.1 Å². The average molecular weight is 631 g/mol. The van der Waals surface area contributed by atoms with E-state index in [9.17, 15) is 29.4 Å². The Morgan fingerprint density at radius 1 is 0.571 bits per heavy atom. The second kappa shape index (κ2) is 21.8. The number of nitrogens with one attached hydrogen (secondary N) is 2. The number of pyridine rings is 2. The second-order valence-corrected chi connectivity index (χ2v) is 7.52. The molecule has 2 amide bonds. The predicted molar refractivity (Wildman–Crippen MR) is 150 cm³/mol. The molecule has 0 bridgehead atoms. The quantitative estimate of drug-likeness (QED) is 0.215. The van der Waals surface area contributed by atoms with Crippen molar-refractivity contribution in [3.8, 4) is 11.4 Å². The number of amides is 2. The average Bonchev–Trinajstić information content (AvgIpc) is 2.90. The van der Waals surface area contributed by atoms with E-state index in [1.54, 1.807) is 12.4 Å². The van der Waals surface area contributed by atoms with E-state index in [1.807, 2.05) is 36.4 Å². The molecule has 0 saturated carbocycles. The van der Waals surface area contributed by atoms with Crippen LogP contribution in [0.3, 0.4) is 0 Å². The Morgan fingerprint density at radius 3 is 1.10 bits per heavy atom. The van der Waals surface area contributed by atoms with Gasteiger partial charge in [-0.15, -0.1) is 0 Å². The van der Waals surface area contributed by atoms with Gasteiger partial charge in [-0.25, -0.2) is 0 Å². The second-order valence-electron chi connectivity index (χ2n) is 7.52. The number of hydrogen-bond donors (Lipinski definition) is 2. The van der Waals surface area contributed by atoms with Crippen molar-refractivity contribution in [1.29, 1.82) is 0 Å². The molecule has 13 nitrogen and oxygen atoms in total. The number of aromatic carboxylic acids is 2. The first-order valence-corrected chi connectivity index (χ1v) is 11.2. The summed E-state index contributed by atoms with van der Waals surface area (Å²) in [5.41, 5.74) is 3.15. The summed E-state index contributed by atoms with van der Waals surface area (Å²) in [5.74, 6) is -2.84. The Morgan fingerprint density at radius 2 is 0.881 bits per heavy atom. The molecule has 0 fully saturated rings. The monoisotopic (exact) mass is 630 g/mol. The van der Waals surface area contributed by atoms with Gasteiger partial charge in [-0.05, 0) is 59.7 Å². The molecule has 2 aromatic heterocycles. The number of anilines is 2. The number of aromatic nitrogens is 2. The number of benzene rings is 2. The molecule has 14 heteroatoms. The van der Waals surface area contributed by atoms with E-state index in [0.29, 0.717) is 11.4 Å². The number of carbonyl (C=O) groups excluding carboxylic acids is 4. The number of carboxylic acid groups (broad SMARTS) is 2. The maximum atomic E-state index is 10.6. The van der Waals surface area contributed by atoms with Gasteiger partial charge in [-0.2, -0.15) is 0 Å². The van der Waals surface area contributed by atoms with Crippen molar-refractivity contribution in [1.82, 2.24) is 9.97 Å². The molecule has 2 heterocycles. The molecule has 4 aromatic rings. The predicted octanol–water partition coefficient (Wildman–Crippen LogP) is -0.413. The van der Waals surface area contributed by atoms with Gasteiger partial charge in [0.1, 0.15) is 0 Å². The minimum absolute atomic E-state index is 0. The van der Waals surface area contributed by atoms with Crippen LogP contribution in [0, 0.1) is 0 Å². The molecular formula is C28H31CuN4O9+. The summed E-state index contributed by atoms with van der Waals surface area (Å²) in [6.45, 7) is 2.76. The van der Waals surface area contributed by atoms with E-state index in [-0.39, 0.29) is 56.4 Å². The van der Waals surface area contributed by atoms with Crippen LogP contribution in [-0.2, 0) is 32.1 Å². The summed E-state index contributed by atoms with van der Waals surface area (Å²) < 4.78 is 0. The molecule has 4 rings (SSSR count). The minimum Gasteiger partial charge on any atom is -0.545 e. The first kappa shape index (κ1) is 41.5. The molecule has 0 saturated heterocycles. The Bertz CT molecular complexity index is 1250. The fraction of sp³-hybridized carbons (Fsp3) is 0.0714. The van der Waals surface area contributed by atoms with Gasteiger partial charge in [-0.1, -0.05) is 36.4 Å². The molecular weight excluding hydrogens is 600 g/mol. The van der Waals surface area contributed by atoms with Crippen LogP contribution in [0.5, 0.6) is 0 Å². The standard InChI is InChI=1S/C10H8N2.2C9H9NO3.Cu.3H2O/c1-3-7-11-9(5-1)10-6-2-4-8-12-10;2*1-6(11)10-8-4-2-7(3-5-8)9(12)13;;;;/h1-8H;2*2-5H,1H3,(H,10,11)(H,12,13);;3*1H2/q;;;+2;;;/p-1. The SMILES string of the molecule is CC(=O)Nc1ccc(C(=O)[O-])cc1.CC(=O)Nc1ccc(C(=O)[O-])cc1.O.O.[Cu+2].[OH3+].c1ccc(-c2ccccn2)nc1. The Balaban J connectivity index is -0.000000519. The van der Waals surface area contributed by atoms with E-state index < -0.39 is 11.9 Å². The maximum absolute atomic E-state index is 10.6. The van der Waals surface area contributed by atoms with Crippen molar-refractivity contribution < 1.29 is 62.9 Å². The molecule has 9 N–H and O–H groups in total. The van der Waals surface area contributed by atoms with E-state index >= 15 is 0 Å². The van der Waals surface area contributed by atoms with Gasteiger partial charge in [0.15, 0.2) is 0 Å². The summed E-state index contributed by atoms with van der Waals surface area (Å²) in [7, 11) is 0. The summed E-state index contributed by atoms with van der Waals surface area (Å²) in [6, 6.07) is 23.1. The molecule has 0 aliphatic rings. The summed E-state index contributed by atoms with van der Waals surface area (Å²) in [5, 5.41) is 25.7. The van der Waals surface area contributed by atoms with Gasteiger partial charge in [-0.3, -0.25) is 19.6 Å². The Hall–Kier alpha value is -4.98. The molecule has 0 spiro atoms. The zero-order valence-electron chi connectivity index (χ0n) is 22.5. The molecule has 0 aliphatic heterocycles. The minimum atomic E-state index is -1.23. The zero-order valence-corrected chi connectivity index (χ0v) is 23.4. The van der Waals surface area contributed by atoms with Gasteiger partial charge < -0.3 is 46.9 Å². The van der Waals surface area contributed by atoms with Gasteiger partial charge >= 0.3 is 17.1 Å². The van der Waals surface area contributed by atoms with E-state index in [1.165, 1.54) is 62.4 Å². The summed E-state index contributed by atoms with van der Waals surface area (Å²) in [6.07, 6.45) is 3.54. The zero-order chi connectivity index (χ0) is 27.9. The first-order chi connectivity index (χ1) is 18.2. The largest absolute Gasteiger partial charge is 2.00 e. The fourth-order valence-corrected chi connectivity index (χ4v) is 2.81. The molecule has 1 radical (unpaired) electrons. The first-order valence-electron chi connectivity index (χ1n) is 11.2. The van der Waals surface area contributed by atoms with E-state index in [0.717, 1.165) is 11.4 Å². The summed E-state index contributed by atoms with van der Waals surface area (Å²) >= 11 is 0. The fourth-order valence-electron chi connectivity index (χ4n) is 2.81. The van der Waals surface area contributed by atoms with Gasteiger partial charge in [0, 0.05) is 37.6 Å². The smallest absolute Gasteiger partial charge is 0.545 e. The third-order valence-electron chi connectivity index (χ3n) is 4.47. The maximum Gasteiger partial charge on any atom is 2.00 e. The third kappa shape index (κ3) is 15.6. The van der Waals surface area contributed by atoms with Crippen LogP contribution >= 0.6 is 0 Å². The number of rotatable bonds is 5. The topological polar surface area (TPSA) is 260 Å². The van der Waals surface area contributed by atoms with Crippen LogP contribution in [0.4, 0.5) is 11.4 Å². The van der Waals surface area contributed by atoms with Gasteiger partial charge in [0.05, 0.1) is 23.3 Å². The third-order valence-corrected chi connectivity index (χ3v) is 4.47. The van der Waals surface area contributed by atoms with Gasteiger partial charge in [0.25, 0.3) is 0 Å². The van der Waals surface area contributed by atoms with Crippen molar-refractivity contribution in [3.05, 3.63) is 108 Å². The number of hydrogen-bond acceptors (Lipinski definition) is 8. The molecule has 0 unspecified atom stereocenters. The van der Waals surface area contributed by atoms with Crippen molar-refractivity contribution in [3.63, 3.8) is 0 Å². The number of carbonyl (C=O) groups is 4. The van der Waals surface area contributed by atoms with E-state index in [4.69, 9.17) is 0 Å². The summed E-state index contributed by atoms with van der Waals surface area (Å²) in [4.78, 5) is 50.2. The van der Waals surface area contributed by atoms with Crippen molar-refractivity contribution in [2.45, 2.75) is 13.8 Å². The number of carboxylic acids is 2. The molecule has 0 atom stereocenters. The van der Waals surface area contributed by atoms with Crippen LogP contribution in [0.1, 0.15) is 34.6 Å². The van der Waals surface area contributed by atoms with Crippen LogP contribution in [0.15, 0.2) is 97.3 Å². The van der Waals surface area contributed by atoms with E-state index in [2.05, 4.69) is 20.6 Å². The number of nitrogens with zero attached hydrogens (tertiary/aromatic N) is 2. The van der Waals surface area contributed by atoms with Crippen LogP contribution in [0.2, 0.25) is 0 Å². The molecule has 42 heavy (non-hydrogen) atoms. The van der Waals surface area contributed by atoms with Gasteiger partial charge in [0.2, 0.25) is 11.8 Å². The molecule has 2 aromatic carbocycles. The molecule has 227 valence electrons. The van der Waals surface area contributed by atoms with Crippen LogP contribution < -0.4 is 20.8 Å². The Kier molecular flexibility index (Phi) is 21.5. The van der Waals surface area contributed by atoms with Crippen LogP contribution in [0.25, 0.3) is 11.4 Å². The Labute approximate surface area is 252 Å². The van der Waals surface area contributed by atoms with Crippen molar-refractivity contribution in [2.75, 3.05) is 10.6 Å². The molecule has 0 aliphatic carbocycles.